The molecule has 5 heteroatoms. The van der Waals surface area contributed by atoms with Crippen LogP contribution in [-0.4, -0.2) is 5.91 Å². The van der Waals surface area contributed by atoms with Crippen LogP contribution in [0.25, 0.3) is 0 Å². The second-order valence-corrected chi connectivity index (χ2v) is 8.21. The van der Waals surface area contributed by atoms with Crippen LogP contribution in [0.4, 0.5) is 5.00 Å². The van der Waals surface area contributed by atoms with Crippen LogP contribution in [0.5, 0.6) is 0 Å². The van der Waals surface area contributed by atoms with Gasteiger partial charge < -0.3 is 5.32 Å². The molecule has 3 aromatic rings. The number of carbonyl (C=O) groups excluding carboxylic acids is 1. The van der Waals surface area contributed by atoms with Crippen molar-refractivity contribution in [3.05, 3.63) is 82.2 Å². The topological polar surface area (TPSA) is 52.9 Å². The number of nitrogens with zero attached hydrogens (tertiary/aromatic N) is 1. The zero-order valence-electron chi connectivity index (χ0n) is 14.5. The Labute approximate surface area is 161 Å². The van der Waals surface area contributed by atoms with Crippen LogP contribution in [0.3, 0.4) is 0 Å². The molecule has 3 rings (SSSR count). The second kappa shape index (κ2) is 8.22. The molecule has 0 aliphatic heterocycles. The molecule has 1 amide bonds. The first kappa shape index (κ1) is 18.2. The van der Waals surface area contributed by atoms with Gasteiger partial charge in [-0.15, -0.1) is 23.1 Å². The van der Waals surface area contributed by atoms with E-state index in [9.17, 15) is 10.1 Å². The van der Waals surface area contributed by atoms with Gasteiger partial charge in [-0.3, -0.25) is 4.79 Å². The van der Waals surface area contributed by atoms with E-state index in [0.29, 0.717) is 10.6 Å². The summed E-state index contributed by atoms with van der Waals surface area (Å²) in [4.78, 5) is 15.1. The van der Waals surface area contributed by atoms with E-state index in [4.69, 9.17) is 0 Å². The SMILES string of the molecule is Cc1sc(NC(=O)[C@H](Sc2ccccc2)c2ccccc2)c(C#N)c1C. The molecule has 3 nitrogen and oxygen atoms in total. The van der Waals surface area contributed by atoms with E-state index < -0.39 is 5.25 Å². The van der Waals surface area contributed by atoms with Crippen molar-refractivity contribution in [2.75, 3.05) is 5.32 Å². The minimum absolute atomic E-state index is 0.122. The Hall–Kier alpha value is -2.55. The first-order valence-corrected chi connectivity index (χ1v) is 9.87. The van der Waals surface area contributed by atoms with Crippen molar-refractivity contribution in [2.45, 2.75) is 24.0 Å². The first-order chi connectivity index (χ1) is 12.6. The molecule has 1 N–H and O–H groups in total. The van der Waals surface area contributed by atoms with E-state index in [-0.39, 0.29) is 5.91 Å². The maximum absolute atomic E-state index is 13.1. The van der Waals surface area contributed by atoms with Crippen molar-refractivity contribution in [1.29, 1.82) is 5.26 Å². The Morgan fingerprint density at radius 2 is 1.69 bits per heavy atom. The summed E-state index contributed by atoms with van der Waals surface area (Å²) in [6.07, 6.45) is 0. The Kier molecular flexibility index (Phi) is 5.77. The van der Waals surface area contributed by atoms with Crippen molar-refractivity contribution < 1.29 is 4.79 Å². The fourth-order valence-corrected chi connectivity index (χ4v) is 4.62. The average Bonchev–Trinajstić information content (AvgIpc) is 2.94. The van der Waals surface area contributed by atoms with E-state index in [1.54, 1.807) is 0 Å². The van der Waals surface area contributed by atoms with Gasteiger partial charge in [-0.1, -0.05) is 48.5 Å². The van der Waals surface area contributed by atoms with E-state index in [2.05, 4.69) is 11.4 Å². The molecule has 130 valence electrons. The minimum Gasteiger partial charge on any atom is -0.315 e. The third-order valence-corrected chi connectivity index (χ3v) is 6.46. The highest BCUT2D eigenvalue weighted by atomic mass is 32.2. The summed E-state index contributed by atoms with van der Waals surface area (Å²) in [5, 5.41) is 12.6. The predicted molar refractivity (Wildman–Crippen MR) is 109 cm³/mol. The number of carbonyl (C=O) groups is 1. The van der Waals surface area contributed by atoms with Gasteiger partial charge in [0.25, 0.3) is 0 Å². The van der Waals surface area contributed by atoms with Crippen molar-refractivity contribution in [1.82, 2.24) is 0 Å². The summed E-state index contributed by atoms with van der Waals surface area (Å²) in [5.41, 5.74) is 2.42. The normalized spacial score (nSPS) is 11.6. The van der Waals surface area contributed by atoms with E-state index in [1.165, 1.54) is 23.1 Å². The monoisotopic (exact) mass is 378 g/mol. The Balaban J connectivity index is 1.91. The van der Waals surface area contributed by atoms with Gasteiger partial charge >= 0.3 is 0 Å². The van der Waals surface area contributed by atoms with Gasteiger partial charge in [0.15, 0.2) is 0 Å². The zero-order valence-corrected chi connectivity index (χ0v) is 16.2. The third kappa shape index (κ3) is 3.98. The number of nitriles is 1. The van der Waals surface area contributed by atoms with Gasteiger partial charge in [-0.05, 0) is 37.1 Å². The number of thioether (sulfide) groups is 1. The first-order valence-electron chi connectivity index (χ1n) is 8.17. The van der Waals surface area contributed by atoms with Crippen molar-refractivity contribution in [3.8, 4) is 6.07 Å². The number of amides is 1. The number of rotatable bonds is 5. The molecule has 0 spiro atoms. The molecular formula is C21H18N2OS2. The molecule has 0 aliphatic carbocycles. The number of hydrogen-bond donors (Lipinski definition) is 1. The van der Waals surface area contributed by atoms with Gasteiger partial charge in [0.2, 0.25) is 5.91 Å². The number of benzene rings is 2. The van der Waals surface area contributed by atoms with E-state index >= 15 is 0 Å². The molecule has 0 bridgehead atoms. The molecular weight excluding hydrogens is 360 g/mol. The van der Waals surface area contributed by atoms with Gasteiger partial charge in [0.05, 0.1) is 5.56 Å². The molecule has 0 radical (unpaired) electrons. The molecule has 0 aliphatic rings. The summed E-state index contributed by atoms with van der Waals surface area (Å²) in [5.74, 6) is -0.122. The Morgan fingerprint density at radius 3 is 2.31 bits per heavy atom. The standard InChI is InChI=1S/C21H18N2OS2/c1-14-15(2)25-21(18(14)13-22)23-20(24)19(16-9-5-3-6-10-16)26-17-11-7-4-8-12-17/h3-12,19H,1-2H3,(H,23,24)/t19-/m1/s1. The van der Waals surface area contributed by atoms with Crippen LogP contribution < -0.4 is 5.32 Å². The summed E-state index contributed by atoms with van der Waals surface area (Å²) >= 11 is 2.95. The average molecular weight is 379 g/mol. The minimum atomic E-state index is -0.396. The lowest BCUT2D eigenvalue weighted by molar-refractivity contribution is -0.115. The number of nitrogens with one attached hydrogen (secondary N) is 1. The highest BCUT2D eigenvalue weighted by Gasteiger charge is 2.24. The lowest BCUT2D eigenvalue weighted by Gasteiger charge is -2.16. The van der Waals surface area contributed by atoms with Gasteiger partial charge in [0, 0.05) is 9.77 Å². The van der Waals surface area contributed by atoms with Crippen LogP contribution in [0, 0.1) is 25.2 Å². The van der Waals surface area contributed by atoms with Crippen LogP contribution in [0.2, 0.25) is 0 Å². The van der Waals surface area contributed by atoms with Gasteiger partial charge in [0.1, 0.15) is 16.3 Å². The molecule has 2 aromatic carbocycles. The highest BCUT2D eigenvalue weighted by Crippen LogP contribution is 2.38. The quantitative estimate of drug-likeness (QED) is 0.579. The van der Waals surface area contributed by atoms with Crippen LogP contribution in [0.1, 0.15) is 26.8 Å². The predicted octanol–water partition coefficient (Wildman–Crippen LogP) is 5.71. The number of thiophene rings is 1. The summed E-state index contributed by atoms with van der Waals surface area (Å²) in [7, 11) is 0. The van der Waals surface area contributed by atoms with Crippen molar-refractivity contribution in [3.63, 3.8) is 0 Å². The molecule has 26 heavy (non-hydrogen) atoms. The number of hydrogen-bond acceptors (Lipinski definition) is 4. The largest absolute Gasteiger partial charge is 0.315 e. The summed E-state index contributed by atoms with van der Waals surface area (Å²) in [6, 6.07) is 21.8. The molecule has 1 heterocycles. The van der Waals surface area contributed by atoms with Crippen molar-refractivity contribution in [2.24, 2.45) is 0 Å². The molecule has 1 aromatic heterocycles. The summed E-state index contributed by atoms with van der Waals surface area (Å²) < 4.78 is 0. The molecule has 0 saturated carbocycles. The van der Waals surface area contributed by atoms with Crippen LogP contribution in [-0.2, 0) is 4.79 Å². The molecule has 0 unspecified atom stereocenters. The zero-order chi connectivity index (χ0) is 18.5. The Morgan fingerprint density at radius 1 is 1.08 bits per heavy atom. The maximum Gasteiger partial charge on any atom is 0.243 e. The second-order valence-electron chi connectivity index (χ2n) is 5.81. The molecule has 0 fully saturated rings. The van der Waals surface area contributed by atoms with Gasteiger partial charge in [-0.2, -0.15) is 5.26 Å². The molecule has 1 atom stereocenters. The van der Waals surface area contributed by atoms with E-state index in [1.807, 2.05) is 74.5 Å². The van der Waals surface area contributed by atoms with Crippen LogP contribution >= 0.6 is 23.1 Å². The summed E-state index contributed by atoms with van der Waals surface area (Å²) in [6.45, 7) is 3.87. The maximum atomic E-state index is 13.1. The molecule has 0 saturated heterocycles. The van der Waals surface area contributed by atoms with E-state index in [0.717, 1.165) is 20.9 Å². The smallest absolute Gasteiger partial charge is 0.243 e. The van der Waals surface area contributed by atoms with Crippen molar-refractivity contribution >= 4 is 34.0 Å². The van der Waals surface area contributed by atoms with Gasteiger partial charge in [-0.25, -0.2) is 0 Å². The van der Waals surface area contributed by atoms with Crippen LogP contribution in [0.15, 0.2) is 65.6 Å². The Bertz CT molecular complexity index is 943. The fourth-order valence-electron chi connectivity index (χ4n) is 2.56. The lowest BCUT2D eigenvalue weighted by atomic mass is 10.1. The number of anilines is 1. The third-order valence-electron chi connectivity index (χ3n) is 4.07. The fraction of sp³-hybridized carbons (Fsp3) is 0.143. The lowest BCUT2D eigenvalue weighted by Crippen LogP contribution is -2.19. The number of aryl methyl sites for hydroxylation is 1. The highest BCUT2D eigenvalue weighted by molar-refractivity contribution is 8.00.